The van der Waals surface area contributed by atoms with Gasteiger partial charge in [-0.3, -0.25) is 14.2 Å². The molecule has 1 N–H and O–H groups in total. The summed E-state index contributed by atoms with van der Waals surface area (Å²) < 4.78 is 30.3. The van der Waals surface area contributed by atoms with Crippen molar-refractivity contribution in [3.63, 3.8) is 0 Å². The van der Waals surface area contributed by atoms with Gasteiger partial charge in [-0.15, -0.1) is 0 Å². The Hall–Kier alpha value is -2.55. The van der Waals surface area contributed by atoms with E-state index in [2.05, 4.69) is 86.8 Å². The van der Waals surface area contributed by atoms with Gasteiger partial charge in [0.1, 0.15) is 19.3 Å². The van der Waals surface area contributed by atoms with E-state index in [0.717, 1.165) is 103 Å². The van der Waals surface area contributed by atoms with Gasteiger partial charge in [-0.2, -0.15) is 0 Å². The van der Waals surface area contributed by atoms with Crippen molar-refractivity contribution >= 4 is 19.7 Å². The molecule has 9 nitrogen and oxygen atoms in total. The molecule has 0 aromatic rings. The Labute approximate surface area is 476 Å². The Balaban J connectivity index is 5.17. The molecule has 0 aliphatic carbocycles. The van der Waals surface area contributed by atoms with Gasteiger partial charge in [0.2, 0.25) is 5.91 Å². The highest BCUT2D eigenvalue weighted by atomic mass is 31.2. The molecule has 3 unspecified atom stereocenters. The minimum atomic E-state index is -4.70. The number of carbonyl (C=O) groups is 2. The van der Waals surface area contributed by atoms with Crippen LogP contribution in [0.2, 0.25) is 0 Å². The molecule has 77 heavy (non-hydrogen) atoms. The fourth-order valence-corrected chi connectivity index (χ4v) is 9.92. The maximum Gasteiger partial charge on any atom is 0.306 e. The molecule has 10 heteroatoms. The van der Waals surface area contributed by atoms with Gasteiger partial charge in [-0.1, -0.05) is 274 Å². The van der Waals surface area contributed by atoms with Gasteiger partial charge in [-0.25, -0.2) is 0 Å². The quantitative estimate of drug-likeness (QED) is 0.0212. The number of allylic oxidation sites excluding steroid dienone is 11. The van der Waals surface area contributed by atoms with Crippen LogP contribution >= 0.6 is 7.82 Å². The fourth-order valence-electron chi connectivity index (χ4n) is 9.20. The fraction of sp³-hybridized carbons (Fsp3) is 0.791. The number of phosphoric acid groups is 1. The van der Waals surface area contributed by atoms with Gasteiger partial charge in [0.25, 0.3) is 7.82 Å². The average molecular weight is 1100 g/mol. The topological polar surface area (TPSA) is 114 Å². The number of rotatable bonds is 58. The Morgan fingerprint density at radius 3 is 1.25 bits per heavy atom. The zero-order chi connectivity index (χ0) is 56.4. The number of likely N-dealkylation sites (N-methyl/N-ethyl adjacent to an activating group) is 1. The number of unbranched alkanes of at least 4 members (excludes halogenated alkanes) is 32. The van der Waals surface area contributed by atoms with E-state index in [1.165, 1.54) is 154 Å². The predicted octanol–water partition coefficient (Wildman–Crippen LogP) is 19.4. The van der Waals surface area contributed by atoms with E-state index in [1.807, 2.05) is 33.3 Å². The van der Waals surface area contributed by atoms with Gasteiger partial charge in [-0.05, 0) is 76.7 Å². The monoisotopic (exact) mass is 1100 g/mol. The van der Waals surface area contributed by atoms with Crippen LogP contribution in [0.25, 0.3) is 0 Å². The zero-order valence-electron chi connectivity index (χ0n) is 51.2. The molecule has 0 heterocycles. The second-order valence-electron chi connectivity index (χ2n) is 22.9. The molecule has 0 radical (unpaired) electrons. The molecule has 0 rings (SSSR count). The minimum absolute atomic E-state index is 0.0258. The number of hydrogen-bond donors (Lipinski definition) is 1. The summed E-state index contributed by atoms with van der Waals surface area (Å²) >= 11 is 0. The Morgan fingerprint density at radius 2 is 0.831 bits per heavy atom. The van der Waals surface area contributed by atoms with Crippen molar-refractivity contribution < 1.29 is 37.3 Å². The molecule has 0 spiro atoms. The number of amides is 1. The highest BCUT2D eigenvalue weighted by molar-refractivity contribution is 7.45. The lowest BCUT2D eigenvalue weighted by atomic mass is 10.0. The van der Waals surface area contributed by atoms with E-state index in [0.29, 0.717) is 17.4 Å². The van der Waals surface area contributed by atoms with Crippen LogP contribution in [-0.4, -0.2) is 69.4 Å². The largest absolute Gasteiger partial charge is 0.756 e. The molecule has 3 atom stereocenters. The predicted molar refractivity (Wildman–Crippen MR) is 330 cm³/mol. The molecule has 0 aliphatic heterocycles. The normalized spacial score (nSPS) is 14.1. The molecule has 0 aromatic carbocycles. The Kier molecular flexibility index (Phi) is 54.8. The number of carbonyl (C=O) groups excluding carboxylic acids is 2. The molecular formula is C67H123N2O7P. The van der Waals surface area contributed by atoms with E-state index in [9.17, 15) is 19.0 Å². The van der Waals surface area contributed by atoms with Crippen molar-refractivity contribution in [1.29, 1.82) is 0 Å². The van der Waals surface area contributed by atoms with Crippen LogP contribution in [-0.2, 0) is 27.9 Å². The Bertz CT molecular complexity index is 1550. The van der Waals surface area contributed by atoms with Gasteiger partial charge in [0.15, 0.2) is 0 Å². The van der Waals surface area contributed by atoms with Gasteiger partial charge < -0.3 is 28.5 Å². The number of hydrogen-bond acceptors (Lipinski definition) is 7. The number of esters is 1. The molecule has 448 valence electrons. The number of ether oxygens (including phenoxy) is 1. The van der Waals surface area contributed by atoms with Crippen molar-refractivity contribution in [3.8, 4) is 0 Å². The molecule has 0 saturated heterocycles. The summed E-state index contributed by atoms with van der Waals surface area (Å²) in [5.41, 5.74) is 0. The standard InChI is InChI=1S/C67H123N2O7P/c1-7-10-13-16-19-22-25-27-29-31-32-33-34-35-36-38-39-41-44-47-50-53-56-59-66(70)68-64(63-75-77(72,73)74-62-61-69(4,5)6)65(58-55-52-49-46-43-24-21-18-15-12-9-3)76-67(71)60-57-54-51-48-45-42-40-37-30-28-26-23-20-17-14-11-8-2/h10,13,19,22,27,29,32-33,35-36,55,58,64-65H,7-9,11-12,14-18,20-21,23-26,28,30-31,34,37-54,56-57,59-63H2,1-6H3,(H-,68,70,72,73)/b13-10-,22-19-,29-27-,33-32-,36-35-,58-55-. The molecular weight excluding hydrogens is 976 g/mol. The van der Waals surface area contributed by atoms with Crippen molar-refractivity contribution in [3.05, 3.63) is 72.9 Å². The van der Waals surface area contributed by atoms with Crippen molar-refractivity contribution in [2.45, 2.75) is 303 Å². The first-order chi connectivity index (χ1) is 37.4. The first-order valence-corrected chi connectivity index (χ1v) is 33.7. The summed E-state index contributed by atoms with van der Waals surface area (Å²) in [6, 6.07) is -0.895. The van der Waals surface area contributed by atoms with Gasteiger partial charge in [0, 0.05) is 12.8 Å². The third-order valence-corrected chi connectivity index (χ3v) is 15.1. The first-order valence-electron chi connectivity index (χ1n) is 32.2. The van der Waals surface area contributed by atoms with Crippen LogP contribution in [0.1, 0.15) is 290 Å². The van der Waals surface area contributed by atoms with E-state index < -0.39 is 26.6 Å². The summed E-state index contributed by atoms with van der Waals surface area (Å²) in [4.78, 5) is 40.0. The van der Waals surface area contributed by atoms with Crippen LogP contribution in [0.3, 0.4) is 0 Å². The van der Waals surface area contributed by atoms with E-state index >= 15 is 0 Å². The van der Waals surface area contributed by atoms with Crippen molar-refractivity contribution in [2.75, 3.05) is 40.9 Å². The lowest BCUT2D eigenvalue weighted by Gasteiger charge is -2.30. The maximum atomic E-state index is 13.5. The highest BCUT2D eigenvalue weighted by Crippen LogP contribution is 2.38. The minimum Gasteiger partial charge on any atom is -0.756 e. The second-order valence-corrected chi connectivity index (χ2v) is 24.3. The summed E-state index contributed by atoms with van der Waals surface area (Å²) in [5.74, 6) is -0.547. The smallest absolute Gasteiger partial charge is 0.306 e. The lowest BCUT2D eigenvalue weighted by molar-refractivity contribution is -0.870. The van der Waals surface area contributed by atoms with Crippen molar-refractivity contribution in [1.82, 2.24) is 5.32 Å². The molecule has 0 aromatic heterocycles. The highest BCUT2D eigenvalue weighted by Gasteiger charge is 2.27. The third-order valence-electron chi connectivity index (χ3n) is 14.2. The van der Waals surface area contributed by atoms with Crippen molar-refractivity contribution in [2.24, 2.45) is 0 Å². The average Bonchev–Trinajstić information content (AvgIpc) is 3.39. The Morgan fingerprint density at radius 1 is 0.468 bits per heavy atom. The maximum absolute atomic E-state index is 13.5. The summed E-state index contributed by atoms with van der Waals surface area (Å²) in [6.45, 7) is 6.74. The third kappa shape index (κ3) is 57.9. The molecule has 0 aliphatic rings. The van der Waals surface area contributed by atoms with Crippen LogP contribution in [0.5, 0.6) is 0 Å². The number of nitrogens with one attached hydrogen (secondary N) is 1. The number of quaternary nitrogens is 1. The number of phosphoric ester groups is 1. The van der Waals surface area contributed by atoms with Crippen LogP contribution in [0.4, 0.5) is 0 Å². The van der Waals surface area contributed by atoms with E-state index in [-0.39, 0.29) is 24.9 Å². The van der Waals surface area contributed by atoms with E-state index in [1.54, 1.807) is 0 Å². The summed E-state index contributed by atoms with van der Waals surface area (Å²) in [5, 5.41) is 3.03. The SMILES string of the molecule is CC/C=C\C/C=C\C/C=C\C/C=C\C/C=C\CCCCCCCCCC(=O)NC(COP(=O)([O-])OCC[N+](C)(C)C)C(/C=C\CCCCCCCCCCC)OC(=O)CCCCCCCCCCCCCCCCCCC. The van der Waals surface area contributed by atoms with E-state index in [4.69, 9.17) is 13.8 Å². The molecule has 0 saturated carbocycles. The lowest BCUT2D eigenvalue weighted by Crippen LogP contribution is -2.47. The summed E-state index contributed by atoms with van der Waals surface area (Å²) in [7, 11) is 1.18. The second kappa shape index (κ2) is 56.7. The first kappa shape index (κ1) is 74.5. The molecule has 0 bridgehead atoms. The zero-order valence-corrected chi connectivity index (χ0v) is 52.0. The van der Waals surface area contributed by atoms with Gasteiger partial charge >= 0.3 is 5.97 Å². The number of nitrogens with zero attached hydrogens (tertiary/aromatic N) is 1. The molecule has 1 amide bonds. The van der Waals surface area contributed by atoms with Crippen LogP contribution in [0, 0.1) is 0 Å². The van der Waals surface area contributed by atoms with Crippen LogP contribution in [0.15, 0.2) is 72.9 Å². The van der Waals surface area contributed by atoms with Gasteiger partial charge in [0.05, 0.1) is 33.8 Å². The summed E-state index contributed by atoms with van der Waals surface area (Å²) in [6.07, 6.45) is 73.0. The van der Waals surface area contributed by atoms with Crippen LogP contribution < -0.4 is 10.2 Å². The molecule has 0 fully saturated rings.